The van der Waals surface area contributed by atoms with E-state index in [9.17, 15) is 9.90 Å². The number of aromatic nitrogens is 1. The molecule has 8 atom stereocenters. The van der Waals surface area contributed by atoms with Crippen molar-refractivity contribution in [2.75, 3.05) is 5.75 Å². The number of benzene rings is 1. The van der Waals surface area contributed by atoms with Crippen LogP contribution in [0.5, 0.6) is 0 Å². The maximum atomic E-state index is 11.6. The molecule has 1 N–H and O–H groups in total. The third-order valence-corrected chi connectivity index (χ3v) is 13.1. The maximum Gasteiger partial charge on any atom is 0.159 e. The number of rotatable bonds is 5. The summed E-state index contributed by atoms with van der Waals surface area (Å²) in [6.45, 7) is 6.80. The molecule has 1 aromatic heterocycles. The zero-order valence-electron chi connectivity index (χ0n) is 24.5. The van der Waals surface area contributed by atoms with Crippen LogP contribution in [-0.4, -0.2) is 27.2 Å². The highest BCUT2D eigenvalue weighted by atomic mass is 32.2. The predicted octanol–water partition coefficient (Wildman–Crippen LogP) is 8.21. The first kappa shape index (κ1) is 28.0. The topological polar surface area (TPSA) is 50.2 Å². The first-order chi connectivity index (χ1) is 19.2. The van der Waals surface area contributed by atoms with Crippen molar-refractivity contribution in [3.8, 4) is 11.8 Å². The average Bonchev–Trinajstić information content (AvgIpc) is 3.29. The normalized spacial score (nSPS) is 38.4. The lowest BCUT2D eigenvalue weighted by Crippen LogP contribution is -2.55. The SMILES string of the molecule is CC(=O)c1ccc(C#C[C@@]2(O)CC[C@@]3(C)[C@H](CC[C@@H]4[C@@H]3CC[C@]3(C)[C@@H](CCSc5ccncc5)CC[C@@H]43)C2)cc1. The second-order valence-electron chi connectivity index (χ2n) is 13.9. The Bertz CT molecular complexity index is 1280. The summed E-state index contributed by atoms with van der Waals surface area (Å²) in [7, 11) is 0. The monoisotopic (exact) mass is 555 g/mol. The number of nitrogens with zero attached hydrogens (tertiary/aromatic N) is 1. The van der Waals surface area contributed by atoms with Gasteiger partial charge in [0.2, 0.25) is 0 Å². The molecule has 212 valence electrons. The number of ketones is 1. The highest BCUT2D eigenvalue weighted by molar-refractivity contribution is 7.99. The second-order valence-corrected chi connectivity index (χ2v) is 15.1. The number of carbonyl (C=O) groups is 1. The molecule has 0 aliphatic heterocycles. The van der Waals surface area contributed by atoms with Crippen molar-refractivity contribution in [3.05, 3.63) is 59.9 Å². The van der Waals surface area contributed by atoms with E-state index in [0.29, 0.717) is 22.3 Å². The molecule has 6 rings (SSSR count). The third-order valence-electron chi connectivity index (χ3n) is 12.0. The summed E-state index contributed by atoms with van der Waals surface area (Å²) in [5.41, 5.74) is 1.51. The fraction of sp³-hybridized carbons (Fsp3) is 0.611. The van der Waals surface area contributed by atoms with Gasteiger partial charge in [-0.25, -0.2) is 0 Å². The molecule has 0 bridgehead atoms. The van der Waals surface area contributed by atoms with Crippen molar-refractivity contribution in [2.24, 2.45) is 40.4 Å². The molecular weight excluding hydrogens is 510 g/mol. The number of aliphatic hydroxyl groups is 1. The average molecular weight is 556 g/mol. The van der Waals surface area contributed by atoms with Crippen molar-refractivity contribution in [3.63, 3.8) is 0 Å². The lowest BCUT2D eigenvalue weighted by molar-refractivity contribution is -0.138. The van der Waals surface area contributed by atoms with Gasteiger partial charge in [-0.2, -0.15) is 0 Å². The van der Waals surface area contributed by atoms with Crippen LogP contribution in [-0.2, 0) is 0 Å². The minimum Gasteiger partial charge on any atom is -0.378 e. The summed E-state index contributed by atoms with van der Waals surface area (Å²) in [5.74, 6) is 11.7. The van der Waals surface area contributed by atoms with Crippen LogP contribution in [0.25, 0.3) is 0 Å². The summed E-state index contributed by atoms with van der Waals surface area (Å²) in [5, 5.41) is 11.6. The van der Waals surface area contributed by atoms with Crippen LogP contribution in [0, 0.1) is 52.3 Å². The number of carbonyl (C=O) groups excluding carboxylic acids is 1. The zero-order valence-corrected chi connectivity index (χ0v) is 25.3. The number of thioether (sulfide) groups is 1. The molecule has 3 nitrogen and oxygen atoms in total. The van der Waals surface area contributed by atoms with Gasteiger partial charge in [0.05, 0.1) is 0 Å². The molecule has 4 fully saturated rings. The lowest BCUT2D eigenvalue weighted by Gasteiger charge is -2.61. The number of Topliss-reactive ketones (excluding diaryl/α,β-unsaturated/α-hetero) is 1. The number of fused-ring (bicyclic) bond motifs is 5. The molecule has 0 unspecified atom stereocenters. The predicted molar refractivity (Wildman–Crippen MR) is 163 cm³/mol. The van der Waals surface area contributed by atoms with Gasteiger partial charge in [-0.15, -0.1) is 11.8 Å². The minimum absolute atomic E-state index is 0.0662. The van der Waals surface area contributed by atoms with Gasteiger partial charge in [0, 0.05) is 28.4 Å². The minimum atomic E-state index is -0.898. The Balaban J connectivity index is 1.10. The molecule has 4 saturated carbocycles. The van der Waals surface area contributed by atoms with Crippen molar-refractivity contribution in [2.45, 2.75) is 95.5 Å². The largest absolute Gasteiger partial charge is 0.378 e. The van der Waals surface area contributed by atoms with E-state index < -0.39 is 5.60 Å². The van der Waals surface area contributed by atoms with E-state index in [-0.39, 0.29) is 5.78 Å². The fourth-order valence-electron chi connectivity index (χ4n) is 9.67. The smallest absolute Gasteiger partial charge is 0.159 e. The highest BCUT2D eigenvalue weighted by Crippen LogP contribution is 2.68. The van der Waals surface area contributed by atoms with Gasteiger partial charge < -0.3 is 5.11 Å². The Kier molecular flexibility index (Phi) is 7.68. The van der Waals surface area contributed by atoms with Gasteiger partial charge in [-0.05, 0) is 142 Å². The Morgan fingerprint density at radius 2 is 1.70 bits per heavy atom. The molecule has 2 aromatic rings. The summed E-state index contributed by atoms with van der Waals surface area (Å²) >= 11 is 2.00. The molecule has 4 aliphatic rings. The van der Waals surface area contributed by atoms with Crippen molar-refractivity contribution in [1.82, 2.24) is 4.98 Å². The molecule has 1 aromatic carbocycles. The molecule has 40 heavy (non-hydrogen) atoms. The summed E-state index contributed by atoms with van der Waals surface area (Å²) in [4.78, 5) is 17.1. The molecule has 1 heterocycles. The van der Waals surface area contributed by atoms with Gasteiger partial charge in [-0.3, -0.25) is 9.78 Å². The van der Waals surface area contributed by atoms with E-state index in [4.69, 9.17) is 0 Å². The first-order valence-electron chi connectivity index (χ1n) is 15.6. The van der Waals surface area contributed by atoms with Gasteiger partial charge in [0.25, 0.3) is 0 Å². The molecule has 0 spiro atoms. The van der Waals surface area contributed by atoms with E-state index in [1.165, 1.54) is 55.6 Å². The number of pyridine rings is 1. The van der Waals surface area contributed by atoms with E-state index in [1.54, 1.807) is 6.92 Å². The zero-order chi connectivity index (χ0) is 28.0. The Morgan fingerprint density at radius 3 is 2.45 bits per heavy atom. The van der Waals surface area contributed by atoms with Crippen molar-refractivity contribution < 1.29 is 9.90 Å². The quantitative estimate of drug-likeness (QED) is 0.229. The number of hydrogen-bond acceptors (Lipinski definition) is 4. The highest BCUT2D eigenvalue weighted by Gasteiger charge is 2.60. The van der Waals surface area contributed by atoms with Gasteiger partial charge >= 0.3 is 0 Å². The Morgan fingerprint density at radius 1 is 0.950 bits per heavy atom. The Hall–Kier alpha value is -2.09. The van der Waals surface area contributed by atoms with Gasteiger partial charge in [0.1, 0.15) is 5.60 Å². The van der Waals surface area contributed by atoms with Crippen LogP contribution >= 0.6 is 11.8 Å². The van der Waals surface area contributed by atoms with Crippen molar-refractivity contribution >= 4 is 17.5 Å². The fourth-order valence-corrected chi connectivity index (χ4v) is 10.6. The van der Waals surface area contributed by atoms with E-state index in [0.717, 1.165) is 48.5 Å². The van der Waals surface area contributed by atoms with E-state index in [2.05, 4.69) is 42.8 Å². The number of hydrogen-bond donors (Lipinski definition) is 1. The first-order valence-corrected chi connectivity index (χ1v) is 16.6. The lowest BCUT2D eigenvalue weighted by atomic mass is 9.44. The summed E-state index contributed by atoms with van der Waals surface area (Å²) in [6.07, 6.45) is 16.0. The second kappa shape index (κ2) is 11.0. The van der Waals surface area contributed by atoms with Crippen LogP contribution in [0.4, 0.5) is 0 Å². The van der Waals surface area contributed by atoms with Crippen LogP contribution in [0.15, 0.2) is 53.7 Å². The standard InChI is InChI=1S/C36H45NO2S/c1-25(38)27-6-4-26(5-7-27)12-18-36(39)20-19-35(3)29(24-36)8-10-31-32-11-9-28(34(32,2)17-13-33(31)35)16-23-40-30-14-21-37-22-15-30/h4-7,14-15,21-22,28-29,31-33,39H,8-11,13,16-17,19-20,23-24H2,1-3H3/t28-,29-,31+,32+,33+,34-,35+,36-/m1/s1. The van der Waals surface area contributed by atoms with E-state index >= 15 is 0 Å². The molecule has 0 radical (unpaired) electrons. The van der Waals surface area contributed by atoms with Gasteiger partial charge in [0.15, 0.2) is 5.78 Å². The van der Waals surface area contributed by atoms with Crippen LogP contribution in [0.2, 0.25) is 0 Å². The summed E-state index contributed by atoms with van der Waals surface area (Å²) < 4.78 is 0. The molecular formula is C36H45NO2S. The Labute approximate surface area is 245 Å². The van der Waals surface area contributed by atoms with Crippen LogP contribution in [0.3, 0.4) is 0 Å². The maximum absolute atomic E-state index is 11.6. The van der Waals surface area contributed by atoms with Crippen LogP contribution in [0.1, 0.15) is 101 Å². The van der Waals surface area contributed by atoms with Crippen molar-refractivity contribution in [1.29, 1.82) is 0 Å². The molecule has 0 saturated heterocycles. The van der Waals surface area contributed by atoms with E-state index in [1.807, 2.05) is 48.4 Å². The van der Waals surface area contributed by atoms with Gasteiger partial charge in [-0.1, -0.05) is 37.8 Å². The molecule has 4 aliphatic carbocycles. The molecule has 4 heteroatoms. The van der Waals surface area contributed by atoms with Crippen LogP contribution < -0.4 is 0 Å². The third kappa shape index (κ3) is 5.18. The molecule has 0 amide bonds. The summed E-state index contributed by atoms with van der Waals surface area (Å²) in [6, 6.07) is 11.7.